The highest BCUT2D eigenvalue weighted by atomic mass is 35.5. The molecule has 1 saturated carbocycles. The summed E-state index contributed by atoms with van der Waals surface area (Å²) in [4.78, 5) is 15.9. The Hall–Kier alpha value is -2.33. The van der Waals surface area contributed by atoms with Gasteiger partial charge in [0.15, 0.2) is 0 Å². The van der Waals surface area contributed by atoms with E-state index in [9.17, 15) is 13.2 Å². The van der Waals surface area contributed by atoms with Crippen LogP contribution in [-0.2, 0) is 31.3 Å². The lowest BCUT2D eigenvalue weighted by atomic mass is 9.63. The van der Waals surface area contributed by atoms with Crippen molar-refractivity contribution in [3.63, 3.8) is 0 Å². The predicted molar refractivity (Wildman–Crippen MR) is 177 cm³/mol. The Labute approximate surface area is 273 Å². The second-order valence-electron chi connectivity index (χ2n) is 13.7. The van der Waals surface area contributed by atoms with Crippen molar-refractivity contribution in [3.05, 3.63) is 58.1 Å². The largest absolute Gasteiger partial charge is 0.490 e. The topological polar surface area (TPSA) is 94.2 Å². The van der Waals surface area contributed by atoms with Gasteiger partial charge in [0, 0.05) is 43.3 Å². The Morgan fingerprint density at radius 3 is 2.64 bits per heavy atom. The van der Waals surface area contributed by atoms with Crippen LogP contribution in [0.4, 0.5) is 5.69 Å². The highest BCUT2D eigenvalue weighted by molar-refractivity contribution is 7.90. The monoisotopic (exact) mass is 658 g/mol. The van der Waals surface area contributed by atoms with Crippen LogP contribution in [0.1, 0.15) is 86.2 Å². The molecule has 2 aromatic carbocycles. The van der Waals surface area contributed by atoms with E-state index in [0.717, 1.165) is 75.2 Å². The van der Waals surface area contributed by atoms with E-state index in [4.69, 9.17) is 25.8 Å². The summed E-state index contributed by atoms with van der Waals surface area (Å²) in [6.45, 7) is 4.38. The average molecular weight is 659 g/mol. The number of rotatable bonds is 4. The van der Waals surface area contributed by atoms with Crippen LogP contribution >= 0.6 is 11.6 Å². The first-order valence-electron chi connectivity index (χ1n) is 16.5. The molecule has 2 bridgehead atoms. The Morgan fingerprint density at radius 1 is 1.07 bits per heavy atom. The number of carbonyl (C=O) groups excluding carboxylic acids is 1. The normalized spacial score (nSPS) is 31.5. The van der Waals surface area contributed by atoms with Gasteiger partial charge in [-0.1, -0.05) is 37.4 Å². The van der Waals surface area contributed by atoms with Gasteiger partial charge in [-0.25, -0.2) is 13.1 Å². The lowest BCUT2D eigenvalue weighted by Gasteiger charge is -2.51. The van der Waals surface area contributed by atoms with Crippen molar-refractivity contribution in [2.45, 2.75) is 87.4 Å². The SMILES string of the molecule is CC[C@@H]1CCCC[C@@](COC)(OC)[C@@H]2CC[C@H]2CN2C[C@@]3(CCCc4cc(Cl)ccc43)COc3ccc(cc32)C(=O)NS1(=O)=O. The first-order valence-corrected chi connectivity index (χ1v) is 18.5. The number of hydrogen-bond donors (Lipinski definition) is 1. The third kappa shape index (κ3) is 6.22. The second-order valence-corrected chi connectivity index (χ2v) is 16.1. The van der Waals surface area contributed by atoms with E-state index >= 15 is 0 Å². The van der Waals surface area contributed by atoms with Gasteiger partial charge in [-0.05, 0) is 105 Å². The Morgan fingerprint density at radius 2 is 1.91 bits per heavy atom. The van der Waals surface area contributed by atoms with Crippen molar-refractivity contribution >= 4 is 33.2 Å². The zero-order valence-electron chi connectivity index (χ0n) is 26.8. The number of aryl methyl sites for hydroxylation is 1. The molecule has 0 unspecified atom stereocenters. The number of ether oxygens (including phenoxy) is 3. The van der Waals surface area contributed by atoms with Crippen LogP contribution in [0.25, 0.3) is 0 Å². The molecule has 2 aliphatic carbocycles. The molecule has 1 fully saturated rings. The minimum atomic E-state index is -3.86. The van der Waals surface area contributed by atoms with E-state index in [-0.39, 0.29) is 5.41 Å². The van der Waals surface area contributed by atoms with Crippen LogP contribution in [0.3, 0.4) is 0 Å². The molecule has 1 N–H and O–H groups in total. The van der Waals surface area contributed by atoms with Crippen molar-refractivity contribution in [1.82, 2.24) is 4.72 Å². The highest BCUT2D eigenvalue weighted by Gasteiger charge is 2.50. The summed E-state index contributed by atoms with van der Waals surface area (Å²) in [5, 5.41) is 0.0986. The van der Waals surface area contributed by atoms with Crippen molar-refractivity contribution in [3.8, 4) is 5.75 Å². The van der Waals surface area contributed by atoms with Gasteiger partial charge in [-0.15, -0.1) is 0 Å². The lowest BCUT2D eigenvalue weighted by molar-refractivity contribution is -0.147. The number of benzene rings is 2. The van der Waals surface area contributed by atoms with E-state index in [2.05, 4.69) is 21.8 Å². The molecule has 6 rings (SSSR count). The Balaban J connectivity index is 1.44. The standard InChI is InChI=1S/C35H47ClN2O6S/c1-4-28-9-5-6-17-35(43-3,23-42-2)30-13-10-26(30)20-38-21-34(16-7-8-24-18-27(36)12-14-29(24)34)22-44-32-15-11-25(19-31(32)38)33(39)37-45(28,40)41/h11-12,14-15,18-19,26,28,30H,4-10,13,16-17,20-23H2,1-3H3,(H,37,39)/t26-,28+,30+,34-,35-/m0/s1. The van der Waals surface area contributed by atoms with Gasteiger partial charge in [0.25, 0.3) is 5.91 Å². The first kappa shape index (κ1) is 32.6. The smallest absolute Gasteiger partial charge is 0.264 e. The molecule has 246 valence electrons. The average Bonchev–Trinajstić information content (AvgIpc) is 3.15. The van der Waals surface area contributed by atoms with Crippen molar-refractivity contribution < 1.29 is 27.4 Å². The molecular weight excluding hydrogens is 612 g/mol. The van der Waals surface area contributed by atoms with Crippen molar-refractivity contribution in [2.24, 2.45) is 11.8 Å². The molecule has 10 heteroatoms. The zero-order chi connectivity index (χ0) is 31.8. The fraction of sp³-hybridized carbons (Fsp3) is 0.629. The molecule has 45 heavy (non-hydrogen) atoms. The van der Waals surface area contributed by atoms with Crippen LogP contribution in [0.5, 0.6) is 5.75 Å². The van der Waals surface area contributed by atoms with Gasteiger partial charge >= 0.3 is 0 Å². The summed E-state index contributed by atoms with van der Waals surface area (Å²) in [6, 6.07) is 11.6. The molecule has 0 saturated heterocycles. The molecule has 0 radical (unpaired) electrons. The number of methoxy groups -OCH3 is 2. The molecule has 2 heterocycles. The maximum absolute atomic E-state index is 13.5. The van der Waals surface area contributed by atoms with Gasteiger partial charge in [0.1, 0.15) is 5.75 Å². The fourth-order valence-electron chi connectivity index (χ4n) is 8.59. The van der Waals surface area contributed by atoms with Crippen molar-refractivity contribution in [1.29, 1.82) is 0 Å². The minimum absolute atomic E-state index is 0.248. The van der Waals surface area contributed by atoms with E-state index in [1.807, 2.05) is 25.1 Å². The lowest BCUT2D eigenvalue weighted by Crippen LogP contribution is -2.55. The fourth-order valence-corrected chi connectivity index (χ4v) is 10.2. The summed E-state index contributed by atoms with van der Waals surface area (Å²) in [5.41, 5.74) is 3.01. The minimum Gasteiger partial charge on any atom is -0.490 e. The summed E-state index contributed by atoms with van der Waals surface area (Å²) >= 11 is 6.44. The Kier molecular flexibility index (Phi) is 9.46. The number of nitrogens with one attached hydrogen (secondary N) is 1. The van der Waals surface area contributed by atoms with Crippen LogP contribution in [0.2, 0.25) is 5.02 Å². The first-order chi connectivity index (χ1) is 21.6. The van der Waals surface area contributed by atoms with E-state index in [0.29, 0.717) is 49.2 Å². The summed E-state index contributed by atoms with van der Waals surface area (Å²) < 4.78 is 47.9. The van der Waals surface area contributed by atoms with E-state index in [1.54, 1.807) is 20.3 Å². The van der Waals surface area contributed by atoms with Gasteiger partial charge in [-0.2, -0.15) is 0 Å². The summed E-state index contributed by atoms with van der Waals surface area (Å²) in [6.07, 6.45) is 8.41. The summed E-state index contributed by atoms with van der Waals surface area (Å²) in [7, 11) is -0.338. The molecule has 2 aliphatic heterocycles. The maximum Gasteiger partial charge on any atom is 0.264 e. The van der Waals surface area contributed by atoms with Gasteiger partial charge in [-0.3, -0.25) is 4.79 Å². The van der Waals surface area contributed by atoms with Crippen LogP contribution in [0, 0.1) is 11.8 Å². The van der Waals surface area contributed by atoms with Crippen LogP contribution in [0.15, 0.2) is 36.4 Å². The highest BCUT2D eigenvalue weighted by Crippen LogP contribution is 2.49. The number of hydrogen-bond acceptors (Lipinski definition) is 7. The third-order valence-corrected chi connectivity index (χ3v) is 13.3. The number of carbonyl (C=O) groups is 1. The maximum atomic E-state index is 13.5. The number of anilines is 1. The van der Waals surface area contributed by atoms with Gasteiger partial charge in [0.05, 0.1) is 29.8 Å². The van der Waals surface area contributed by atoms with E-state index < -0.39 is 26.8 Å². The Bertz CT molecular complexity index is 1520. The molecule has 2 aromatic rings. The third-order valence-electron chi connectivity index (χ3n) is 11.1. The van der Waals surface area contributed by atoms with Gasteiger partial charge in [0.2, 0.25) is 10.0 Å². The zero-order valence-corrected chi connectivity index (χ0v) is 28.4. The van der Waals surface area contributed by atoms with Crippen LogP contribution < -0.4 is 14.4 Å². The number of nitrogens with zero attached hydrogens (tertiary/aromatic N) is 1. The van der Waals surface area contributed by atoms with Gasteiger partial charge < -0.3 is 19.1 Å². The number of sulfonamides is 1. The molecule has 8 nitrogen and oxygen atoms in total. The molecule has 5 atom stereocenters. The molecule has 1 amide bonds. The molecule has 1 spiro atoms. The summed E-state index contributed by atoms with van der Waals surface area (Å²) in [5.74, 6) is 0.782. The quantitative estimate of drug-likeness (QED) is 0.413. The molecule has 0 aromatic heterocycles. The molecule has 4 aliphatic rings. The number of amides is 1. The number of fused-ring (bicyclic) bond motifs is 4. The van der Waals surface area contributed by atoms with E-state index in [1.165, 1.54) is 11.1 Å². The number of halogens is 1. The van der Waals surface area contributed by atoms with Crippen molar-refractivity contribution in [2.75, 3.05) is 45.4 Å². The predicted octanol–water partition coefficient (Wildman–Crippen LogP) is 6.28. The van der Waals surface area contributed by atoms with Crippen LogP contribution in [-0.4, -0.2) is 65.7 Å². The second kappa shape index (κ2) is 13.1. The molecular formula is C35H47ClN2O6S.